The molecule has 0 saturated carbocycles. The lowest BCUT2D eigenvalue weighted by molar-refractivity contribution is -0.311. The minimum Gasteiger partial charge on any atom is -0.462 e. The Hall–Kier alpha value is -2.65. The number of methoxy groups -OCH3 is 2. The topological polar surface area (TPSA) is 196 Å². The van der Waals surface area contributed by atoms with Gasteiger partial charge < -0.3 is 67.2 Å². The summed E-state index contributed by atoms with van der Waals surface area (Å²) in [5.74, 6) is -3.64. The lowest BCUT2D eigenvalue weighted by Crippen LogP contribution is -2.65. The fraction of sp³-hybridized carbons (Fsp3) is 0.804. The normalized spacial score (nSPS) is 40.5. The predicted molar refractivity (Wildman–Crippen MR) is 229 cm³/mol. The number of ketones is 1. The molecular weight excluding hydrogens is 822 g/mol. The number of aliphatic hydroxyl groups excluding tert-OH is 2. The summed E-state index contributed by atoms with van der Waals surface area (Å²) in [6.07, 6.45) is -3.30. The van der Waals surface area contributed by atoms with Gasteiger partial charge in [0.1, 0.15) is 30.5 Å². The molecule has 63 heavy (non-hydrogen) atoms. The summed E-state index contributed by atoms with van der Waals surface area (Å²) in [5.41, 5.74) is 0.724. The summed E-state index contributed by atoms with van der Waals surface area (Å²) in [7, 11) is 6.66. The van der Waals surface area contributed by atoms with E-state index in [1.807, 2.05) is 52.8 Å². The van der Waals surface area contributed by atoms with Crippen molar-refractivity contribution in [2.24, 2.45) is 23.7 Å². The standard InChI is InChI=1S/C46H75NO16/c1-13-17-57-41-29(7)60-46(42(61-30(8)48)38(41)47(9)10)63-40-27(5)34(50)23-36(51)62-35(14-2)32(24-58-45-44(54-12)43(53-11)39(52)28(6)59-45)20-25(3)15-16-33(49)26(4)21-31(40)22-37-55-18-19-56-37/h13,15-16,20,26-29,31-32,34-35,37-46,50,52H,1,14,17-19,21-24H2,2-12H3/b16-15+,25-20+/t26-,27+,28-,29-,31-,32-,34-,35-,38+,39-,40-,41-,42-,43-,44-,45-,46+/m1/s1. The van der Waals surface area contributed by atoms with Gasteiger partial charge >= 0.3 is 11.9 Å². The quantitative estimate of drug-likeness (QED) is 0.179. The summed E-state index contributed by atoms with van der Waals surface area (Å²) < 4.78 is 67.0. The molecule has 17 atom stereocenters. The predicted octanol–water partition coefficient (Wildman–Crippen LogP) is 3.52. The lowest BCUT2D eigenvalue weighted by atomic mass is 9.79. The van der Waals surface area contributed by atoms with Gasteiger partial charge in [-0.3, -0.25) is 14.4 Å². The van der Waals surface area contributed by atoms with Crippen molar-refractivity contribution in [2.75, 3.05) is 54.7 Å². The van der Waals surface area contributed by atoms with Crippen LogP contribution >= 0.6 is 0 Å². The Morgan fingerprint density at radius 2 is 1.59 bits per heavy atom. The van der Waals surface area contributed by atoms with Crippen LogP contribution in [0.1, 0.15) is 74.1 Å². The van der Waals surface area contributed by atoms with E-state index in [1.165, 1.54) is 27.2 Å². The van der Waals surface area contributed by atoms with Gasteiger partial charge in [0, 0.05) is 45.3 Å². The van der Waals surface area contributed by atoms with E-state index in [1.54, 1.807) is 26.0 Å². The fourth-order valence-electron chi connectivity index (χ4n) is 9.11. The van der Waals surface area contributed by atoms with Crippen LogP contribution in [0.4, 0.5) is 0 Å². The first-order chi connectivity index (χ1) is 29.9. The molecule has 0 aromatic heterocycles. The molecule has 4 aliphatic heterocycles. The zero-order valence-electron chi connectivity index (χ0n) is 39.1. The van der Waals surface area contributed by atoms with Crippen LogP contribution in [0.3, 0.4) is 0 Å². The average Bonchev–Trinajstić information content (AvgIpc) is 3.75. The van der Waals surface area contributed by atoms with Crippen LogP contribution < -0.4 is 0 Å². The summed E-state index contributed by atoms with van der Waals surface area (Å²) in [4.78, 5) is 42.5. The highest BCUT2D eigenvalue weighted by Gasteiger charge is 2.51. The number of hydrogen-bond donors (Lipinski definition) is 2. The second-order valence-electron chi connectivity index (χ2n) is 17.5. The highest BCUT2D eigenvalue weighted by molar-refractivity contribution is 5.91. The molecule has 3 saturated heterocycles. The summed E-state index contributed by atoms with van der Waals surface area (Å²) >= 11 is 0. The van der Waals surface area contributed by atoms with E-state index < -0.39 is 122 Å². The minimum absolute atomic E-state index is 0.0176. The van der Waals surface area contributed by atoms with Crippen molar-refractivity contribution in [1.29, 1.82) is 0 Å². The number of likely N-dealkylation sites (N-methyl/N-ethyl adjacent to an activating group) is 1. The minimum atomic E-state index is -1.29. The van der Waals surface area contributed by atoms with Gasteiger partial charge in [0.25, 0.3) is 0 Å². The van der Waals surface area contributed by atoms with Crippen molar-refractivity contribution >= 4 is 17.7 Å². The molecule has 0 aliphatic carbocycles. The molecule has 4 heterocycles. The Balaban J connectivity index is 1.72. The number of hydrogen-bond acceptors (Lipinski definition) is 17. The summed E-state index contributed by atoms with van der Waals surface area (Å²) in [6.45, 7) is 17.0. The molecule has 17 nitrogen and oxygen atoms in total. The first kappa shape index (κ1) is 53.0. The van der Waals surface area contributed by atoms with E-state index in [0.717, 1.165) is 5.57 Å². The molecule has 360 valence electrons. The Morgan fingerprint density at radius 3 is 2.19 bits per heavy atom. The maximum atomic E-state index is 14.0. The average molecular weight is 898 g/mol. The molecule has 17 heteroatoms. The van der Waals surface area contributed by atoms with Crippen LogP contribution in [0, 0.1) is 23.7 Å². The molecule has 2 N–H and O–H groups in total. The Labute approximate surface area is 373 Å². The van der Waals surface area contributed by atoms with Gasteiger partial charge in [0.2, 0.25) is 0 Å². The molecule has 0 radical (unpaired) electrons. The third-order valence-corrected chi connectivity index (χ3v) is 12.5. The van der Waals surface area contributed by atoms with Gasteiger partial charge in [-0.05, 0) is 59.7 Å². The second kappa shape index (κ2) is 25.3. The number of aliphatic hydroxyl groups is 2. The number of esters is 2. The zero-order valence-corrected chi connectivity index (χ0v) is 39.1. The van der Waals surface area contributed by atoms with Crippen molar-refractivity contribution in [3.8, 4) is 0 Å². The van der Waals surface area contributed by atoms with Crippen molar-refractivity contribution < 1.29 is 76.7 Å². The van der Waals surface area contributed by atoms with E-state index in [2.05, 4.69) is 6.58 Å². The molecule has 0 bridgehead atoms. The molecule has 4 aliphatic rings. The fourth-order valence-corrected chi connectivity index (χ4v) is 9.11. The number of nitrogens with zero attached hydrogens (tertiary/aromatic N) is 1. The smallest absolute Gasteiger partial charge is 0.308 e. The number of carbonyl (C=O) groups excluding carboxylic acids is 3. The van der Waals surface area contributed by atoms with Gasteiger partial charge in [0.05, 0.1) is 63.3 Å². The summed E-state index contributed by atoms with van der Waals surface area (Å²) in [6, 6.07) is -0.518. The number of ether oxygens (including phenoxy) is 11. The van der Waals surface area contributed by atoms with E-state index in [-0.39, 0.29) is 31.8 Å². The van der Waals surface area contributed by atoms with Gasteiger partial charge in [-0.1, -0.05) is 44.6 Å². The van der Waals surface area contributed by atoms with Crippen molar-refractivity contribution in [2.45, 2.75) is 160 Å². The maximum Gasteiger partial charge on any atom is 0.308 e. The van der Waals surface area contributed by atoms with E-state index >= 15 is 0 Å². The van der Waals surface area contributed by atoms with Gasteiger partial charge in [-0.15, -0.1) is 6.58 Å². The van der Waals surface area contributed by atoms with Gasteiger partial charge in [0.15, 0.2) is 30.8 Å². The number of carbonyl (C=O) groups is 3. The maximum absolute atomic E-state index is 14.0. The van der Waals surface area contributed by atoms with E-state index in [0.29, 0.717) is 26.1 Å². The molecule has 4 rings (SSSR count). The second-order valence-corrected chi connectivity index (χ2v) is 17.5. The van der Waals surface area contributed by atoms with Gasteiger partial charge in [-0.2, -0.15) is 0 Å². The SMILES string of the molecule is C=CCO[C@H]1[C@H](N(C)C)[C@@H](OC(C)=O)[C@H](O[C@H]2[C@@H](CC3OCCO3)C[C@@H](C)C(=O)/C=C/C(C)=C/[C@H](CO[C@@H]3O[C@H](C)[C@@H](O)[C@@H](OC)[C@H]3OC)[C@@H](CC)OC(=O)C[C@@H](O)[C@@H]2C)O[C@@H]1C. The van der Waals surface area contributed by atoms with Crippen LogP contribution in [-0.2, 0) is 66.5 Å². The van der Waals surface area contributed by atoms with Crippen molar-refractivity contribution in [1.82, 2.24) is 4.90 Å². The number of cyclic esters (lactones) is 1. The molecule has 0 aromatic rings. The van der Waals surface area contributed by atoms with Gasteiger partial charge in [-0.25, -0.2) is 0 Å². The lowest BCUT2D eigenvalue weighted by Gasteiger charge is -2.49. The summed E-state index contributed by atoms with van der Waals surface area (Å²) in [5, 5.41) is 22.7. The third kappa shape index (κ3) is 14.4. The molecule has 0 unspecified atom stereocenters. The molecule has 0 aromatic carbocycles. The Kier molecular flexibility index (Phi) is 21.3. The Bertz CT molecular complexity index is 1520. The molecule has 0 amide bonds. The first-order valence-corrected chi connectivity index (χ1v) is 22.3. The number of allylic oxidation sites excluding steroid dienone is 3. The number of rotatable bonds is 15. The largest absolute Gasteiger partial charge is 0.462 e. The van der Waals surface area contributed by atoms with Crippen molar-refractivity contribution in [3.63, 3.8) is 0 Å². The third-order valence-electron chi connectivity index (χ3n) is 12.5. The van der Waals surface area contributed by atoms with Crippen LogP contribution in [0.25, 0.3) is 0 Å². The van der Waals surface area contributed by atoms with Crippen LogP contribution in [-0.4, -0.2) is 174 Å². The highest BCUT2D eigenvalue weighted by Crippen LogP contribution is 2.38. The van der Waals surface area contributed by atoms with Crippen LogP contribution in [0.15, 0.2) is 36.5 Å². The molecular formula is C46H75NO16. The zero-order chi connectivity index (χ0) is 46.5. The van der Waals surface area contributed by atoms with Crippen molar-refractivity contribution in [3.05, 3.63) is 36.5 Å². The first-order valence-electron chi connectivity index (χ1n) is 22.3. The van der Waals surface area contributed by atoms with Crippen LogP contribution in [0.5, 0.6) is 0 Å². The molecule has 3 fully saturated rings. The van der Waals surface area contributed by atoms with E-state index in [9.17, 15) is 24.6 Å². The Morgan fingerprint density at radius 1 is 0.921 bits per heavy atom. The van der Waals surface area contributed by atoms with Crippen LogP contribution in [0.2, 0.25) is 0 Å². The van der Waals surface area contributed by atoms with E-state index in [4.69, 9.17) is 52.1 Å². The molecule has 0 spiro atoms. The monoisotopic (exact) mass is 898 g/mol. The highest BCUT2D eigenvalue weighted by atomic mass is 16.7.